The van der Waals surface area contributed by atoms with Gasteiger partial charge in [-0.05, 0) is 49.7 Å². The summed E-state index contributed by atoms with van der Waals surface area (Å²) < 4.78 is 1.66. The number of amides is 1. The summed E-state index contributed by atoms with van der Waals surface area (Å²) >= 11 is 0. The highest BCUT2D eigenvalue weighted by Crippen LogP contribution is 2.42. The lowest BCUT2D eigenvalue weighted by atomic mass is 9.97. The molecule has 2 aliphatic carbocycles. The molecule has 0 aliphatic heterocycles. The van der Waals surface area contributed by atoms with Crippen LogP contribution >= 0.6 is 0 Å². The van der Waals surface area contributed by atoms with Crippen molar-refractivity contribution in [1.29, 1.82) is 0 Å². The Morgan fingerprint density at radius 3 is 2.78 bits per heavy atom. The first-order valence-corrected chi connectivity index (χ1v) is 8.45. The number of benzene rings is 1. The molecule has 2 aromatic rings. The highest BCUT2D eigenvalue weighted by atomic mass is 16.2. The molecule has 23 heavy (non-hydrogen) atoms. The predicted molar refractivity (Wildman–Crippen MR) is 86.8 cm³/mol. The Morgan fingerprint density at radius 1 is 1.30 bits per heavy atom. The molecule has 1 amide bonds. The molecular weight excluding hydrogens is 288 g/mol. The first-order valence-electron chi connectivity index (χ1n) is 8.45. The van der Waals surface area contributed by atoms with Crippen LogP contribution in [0.1, 0.15) is 54.5 Å². The van der Waals surface area contributed by atoms with E-state index in [0.29, 0.717) is 11.8 Å². The van der Waals surface area contributed by atoms with Crippen LogP contribution in [0, 0.1) is 12.8 Å². The van der Waals surface area contributed by atoms with Crippen molar-refractivity contribution in [3.8, 4) is 0 Å². The average Bonchev–Trinajstić information content (AvgIpc) is 3.45. The molecule has 0 bridgehead atoms. The summed E-state index contributed by atoms with van der Waals surface area (Å²) in [5.74, 6) is 1.15. The van der Waals surface area contributed by atoms with Crippen molar-refractivity contribution in [2.75, 3.05) is 0 Å². The minimum Gasteiger partial charge on any atom is -0.347 e. The van der Waals surface area contributed by atoms with E-state index in [2.05, 4.69) is 34.7 Å². The molecule has 4 rings (SSSR count). The fourth-order valence-corrected chi connectivity index (χ4v) is 3.14. The van der Waals surface area contributed by atoms with E-state index in [1.807, 2.05) is 18.3 Å². The van der Waals surface area contributed by atoms with Gasteiger partial charge in [-0.25, -0.2) is 4.68 Å². The zero-order valence-electron chi connectivity index (χ0n) is 13.4. The van der Waals surface area contributed by atoms with Gasteiger partial charge >= 0.3 is 0 Å². The Morgan fingerprint density at radius 2 is 2.09 bits per heavy atom. The molecule has 2 fully saturated rings. The summed E-state index contributed by atoms with van der Waals surface area (Å²) in [5, 5.41) is 11.5. The molecule has 1 aromatic heterocycles. The number of hydrogen-bond acceptors (Lipinski definition) is 3. The lowest BCUT2D eigenvalue weighted by Gasteiger charge is -2.20. The minimum atomic E-state index is 0.0115. The Kier molecular flexibility index (Phi) is 3.63. The SMILES string of the molecule is Cc1ccccc1[C@@H](NC(=O)Cn1cc(C2CC2)nn1)C1CC1. The standard InChI is InChI=1S/C18H22N4O/c1-12-4-2-3-5-15(12)18(14-8-9-14)19-17(23)11-22-10-16(20-21-22)13-6-7-13/h2-5,10,13-14,18H,6-9,11H2,1H3,(H,19,23)/t18-/m0/s1. The van der Waals surface area contributed by atoms with Gasteiger partial charge in [-0.15, -0.1) is 5.10 Å². The molecule has 1 aromatic carbocycles. The molecule has 5 nitrogen and oxygen atoms in total. The second kappa shape index (κ2) is 5.80. The maximum atomic E-state index is 12.4. The minimum absolute atomic E-state index is 0.0115. The molecule has 1 atom stereocenters. The summed E-state index contributed by atoms with van der Waals surface area (Å²) in [6, 6.07) is 8.44. The normalized spacial score (nSPS) is 18.7. The third-order valence-corrected chi connectivity index (χ3v) is 4.79. The van der Waals surface area contributed by atoms with Crippen LogP contribution in [0.3, 0.4) is 0 Å². The quantitative estimate of drug-likeness (QED) is 0.892. The molecule has 1 N–H and O–H groups in total. The van der Waals surface area contributed by atoms with E-state index in [1.165, 1.54) is 36.8 Å². The molecule has 1 heterocycles. The van der Waals surface area contributed by atoms with Crippen molar-refractivity contribution < 1.29 is 4.79 Å². The van der Waals surface area contributed by atoms with Crippen molar-refractivity contribution in [3.63, 3.8) is 0 Å². The molecule has 0 radical (unpaired) electrons. The fraction of sp³-hybridized carbons (Fsp3) is 0.500. The zero-order chi connectivity index (χ0) is 15.8. The molecule has 5 heteroatoms. The summed E-state index contributed by atoms with van der Waals surface area (Å²) in [5.41, 5.74) is 3.50. The molecule has 0 spiro atoms. The number of carbonyl (C=O) groups excluding carboxylic acids is 1. The Bertz CT molecular complexity index is 715. The number of rotatable bonds is 6. The van der Waals surface area contributed by atoms with Crippen LogP contribution in [0.15, 0.2) is 30.5 Å². The summed E-state index contributed by atoms with van der Waals surface area (Å²) in [6.07, 6.45) is 6.68. The monoisotopic (exact) mass is 310 g/mol. The van der Waals surface area contributed by atoms with Crippen molar-refractivity contribution in [3.05, 3.63) is 47.3 Å². The predicted octanol–water partition coefficient (Wildman–Crippen LogP) is 2.73. The van der Waals surface area contributed by atoms with Crippen molar-refractivity contribution >= 4 is 5.91 Å². The van der Waals surface area contributed by atoms with E-state index < -0.39 is 0 Å². The molecule has 120 valence electrons. The van der Waals surface area contributed by atoms with Crippen LogP contribution in [0.25, 0.3) is 0 Å². The Labute approximate surface area is 136 Å². The largest absolute Gasteiger partial charge is 0.347 e. The van der Waals surface area contributed by atoms with Gasteiger partial charge in [-0.2, -0.15) is 0 Å². The van der Waals surface area contributed by atoms with Crippen molar-refractivity contribution in [2.45, 2.75) is 51.1 Å². The maximum absolute atomic E-state index is 12.4. The van der Waals surface area contributed by atoms with Gasteiger partial charge in [0, 0.05) is 12.1 Å². The van der Waals surface area contributed by atoms with Gasteiger partial charge in [0.15, 0.2) is 0 Å². The fourth-order valence-electron chi connectivity index (χ4n) is 3.14. The van der Waals surface area contributed by atoms with E-state index in [-0.39, 0.29) is 18.5 Å². The summed E-state index contributed by atoms with van der Waals surface area (Å²) in [4.78, 5) is 12.4. The van der Waals surface area contributed by atoms with Gasteiger partial charge in [0.05, 0.1) is 11.7 Å². The summed E-state index contributed by atoms with van der Waals surface area (Å²) in [7, 11) is 0. The third kappa shape index (κ3) is 3.28. The summed E-state index contributed by atoms with van der Waals surface area (Å²) in [6.45, 7) is 2.35. The van der Waals surface area contributed by atoms with Gasteiger partial charge in [0.1, 0.15) is 6.54 Å². The van der Waals surface area contributed by atoms with Crippen LogP contribution in [0.4, 0.5) is 0 Å². The van der Waals surface area contributed by atoms with E-state index in [1.54, 1.807) is 4.68 Å². The van der Waals surface area contributed by atoms with Gasteiger partial charge in [0.25, 0.3) is 0 Å². The number of aromatic nitrogens is 3. The molecular formula is C18H22N4O. The smallest absolute Gasteiger partial charge is 0.242 e. The highest BCUT2D eigenvalue weighted by Gasteiger charge is 2.34. The van der Waals surface area contributed by atoms with Crippen LogP contribution in [-0.4, -0.2) is 20.9 Å². The molecule has 0 saturated heterocycles. The van der Waals surface area contributed by atoms with Crippen molar-refractivity contribution in [2.24, 2.45) is 5.92 Å². The number of hydrogen-bond donors (Lipinski definition) is 1. The van der Waals surface area contributed by atoms with Crippen LogP contribution in [0.5, 0.6) is 0 Å². The number of carbonyl (C=O) groups is 1. The second-order valence-electron chi connectivity index (χ2n) is 6.85. The molecule has 0 unspecified atom stereocenters. The lowest BCUT2D eigenvalue weighted by Crippen LogP contribution is -2.33. The van der Waals surface area contributed by atoms with Gasteiger partial charge in [0.2, 0.25) is 5.91 Å². The number of aryl methyl sites for hydroxylation is 1. The number of nitrogens with zero attached hydrogens (tertiary/aromatic N) is 3. The highest BCUT2D eigenvalue weighted by molar-refractivity contribution is 5.76. The Balaban J connectivity index is 1.44. The van der Waals surface area contributed by atoms with Gasteiger partial charge in [-0.3, -0.25) is 4.79 Å². The zero-order valence-corrected chi connectivity index (χ0v) is 13.4. The molecule has 2 aliphatic rings. The third-order valence-electron chi connectivity index (χ3n) is 4.79. The van der Waals surface area contributed by atoms with E-state index in [9.17, 15) is 4.79 Å². The topological polar surface area (TPSA) is 59.8 Å². The van der Waals surface area contributed by atoms with Crippen LogP contribution in [-0.2, 0) is 11.3 Å². The maximum Gasteiger partial charge on any atom is 0.242 e. The second-order valence-corrected chi connectivity index (χ2v) is 6.85. The van der Waals surface area contributed by atoms with E-state index >= 15 is 0 Å². The van der Waals surface area contributed by atoms with E-state index in [4.69, 9.17) is 0 Å². The van der Waals surface area contributed by atoms with Crippen LogP contribution < -0.4 is 5.32 Å². The average molecular weight is 310 g/mol. The van der Waals surface area contributed by atoms with Crippen molar-refractivity contribution in [1.82, 2.24) is 20.3 Å². The number of nitrogens with one attached hydrogen (secondary N) is 1. The Hall–Kier alpha value is -2.17. The van der Waals surface area contributed by atoms with Gasteiger partial charge in [-0.1, -0.05) is 29.5 Å². The first-order chi connectivity index (χ1) is 11.2. The first kappa shape index (κ1) is 14.4. The van der Waals surface area contributed by atoms with Gasteiger partial charge < -0.3 is 5.32 Å². The van der Waals surface area contributed by atoms with E-state index in [0.717, 1.165) is 5.69 Å². The molecule has 2 saturated carbocycles. The lowest BCUT2D eigenvalue weighted by molar-refractivity contribution is -0.122. The van der Waals surface area contributed by atoms with Crippen LogP contribution in [0.2, 0.25) is 0 Å².